The molecule has 172 valence electrons. The van der Waals surface area contributed by atoms with Gasteiger partial charge in [-0.1, -0.05) is 6.07 Å². The van der Waals surface area contributed by atoms with Gasteiger partial charge < -0.3 is 25.3 Å². The van der Waals surface area contributed by atoms with Crippen molar-refractivity contribution in [2.24, 2.45) is 5.73 Å². The van der Waals surface area contributed by atoms with Crippen LogP contribution >= 0.6 is 0 Å². The summed E-state index contributed by atoms with van der Waals surface area (Å²) in [5.41, 5.74) is 8.43. The molecule has 0 saturated heterocycles. The summed E-state index contributed by atoms with van der Waals surface area (Å²) in [6.07, 6.45) is 0. The number of carbonyl (C=O) groups excluding carboxylic acids is 2. The van der Waals surface area contributed by atoms with E-state index in [0.29, 0.717) is 39.3 Å². The molecule has 1 aromatic heterocycles. The Hall–Kier alpha value is -4.59. The van der Waals surface area contributed by atoms with Crippen molar-refractivity contribution in [2.45, 2.75) is 0 Å². The van der Waals surface area contributed by atoms with Gasteiger partial charge in [-0.3, -0.25) is 9.59 Å². The molecule has 0 atom stereocenters. The number of methoxy groups -OCH3 is 2. The number of anilines is 1. The number of aromatic nitrogens is 1. The molecule has 0 aliphatic heterocycles. The second-order valence-electron chi connectivity index (χ2n) is 7.41. The van der Waals surface area contributed by atoms with Gasteiger partial charge in [0.2, 0.25) is 0 Å². The van der Waals surface area contributed by atoms with Crippen molar-refractivity contribution >= 4 is 28.4 Å². The van der Waals surface area contributed by atoms with E-state index in [1.165, 1.54) is 0 Å². The number of hydrogen-bond acceptors (Lipinski definition) is 6. The van der Waals surface area contributed by atoms with E-state index in [1.54, 1.807) is 62.8 Å². The summed E-state index contributed by atoms with van der Waals surface area (Å²) in [5, 5.41) is 3.50. The molecule has 34 heavy (non-hydrogen) atoms. The number of carbonyl (C=O) groups is 2. The standard InChI is InChI=1S/C26H23N3O5/c1-32-19-9-6-16(7-10-19)23-14-24(34-15-25(27)30)21-13-18(8-11-22(21)29-23)28-26(31)17-4-3-5-20(12-17)33-2/h3-14H,15H2,1-2H3,(H2,27,30)(H,28,31). The van der Waals surface area contributed by atoms with Gasteiger partial charge in [-0.2, -0.15) is 0 Å². The number of ether oxygens (including phenoxy) is 3. The minimum Gasteiger partial charge on any atom is -0.497 e. The number of fused-ring (bicyclic) bond motifs is 1. The molecule has 0 spiro atoms. The summed E-state index contributed by atoms with van der Waals surface area (Å²) < 4.78 is 16.1. The Labute approximate surface area is 196 Å². The summed E-state index contributed by atoms with van der Waals surface area (Å²) >= 11 is 0. The third kappa shape index (κ3) is 5.07. The van der Waals surface area contributed by atoms with Crippen molar-refractivity contribution in [3.05, 3.63) is 78.4 Å². The Morgan fingerprint density at radius 2 is 1.68 bits per heavy atom. The van der Waals surface area contributed by atoms with E-state index in [9.17, 15) is 9.59 Å². The van der Waals surface area contributed by atoms with Crippen molar-refractivity contribution < 1.29 is 23.8 Å². The molecule has 8 nitrogen and oxygen atoms in total. The van der Waals surface area contributed by atoms with Gasteiger partial charge in [-0.25, -0.2) is 4.98 Å². The number of nitrogens with one attached hydrogen (secondary N) is 1. The number of rotatable bonds is 8. The van der Waals surface area contributed by atoms with Crippen molar-refractivity contribution in [1.29, 1.82) is 0 Å². The molecule has 0 aliphatic carbocycles. The Morgan fingerprint density at radius 3 is 2.38 bits per heavy atom. The zero-order valence-corrected chi connectivity index (χ0v) is 18.7. The van der Waals surface area contributed by atoms with Crippen LogP contribution in [0, 0.1) is 0 Å². The predicted molar refractivity (Wildman–Crippen MR) is 129 cm³/mol. The predicted octanol–water partition coefficient (Wildman–Crippen LogP) is 4.04. The highest BCUT2D eigenvalue weighted by Crippen LogP contribution is 2.32. The van der Waals surface area contributed by atoms with E-state index >= 15 is 0 Å². The van der Waals surface area contributed by atoms with Crippen LogP contribution in [0.3, 0.4) is 0 Å². The molecular weight excluding hydrogens is 434 g/mol. The minimum atomic E-state index is -0.599. The summed E-state index contributed by atoms with van der Waals surface area (Å²) in [7, 11) is 3.14. The first kappa shape index (κ1) is 22.6. The van der Waals surface area contributed by atoms with Crippen LogP contribution < -0.4 is 25.3 Å². The molecule has 4 rings (SSSR count). The van der Waals surface area contributed by atoms with Crippen LogP contribution in [0.1, 0.15) is 10.4 Å². The summed E-state index contributed by atoms with van der Waals surface area (Å²) in [6, 6.07) is 21.3. The van der Waals surface area contributed by atoms with Crippen molar-refractivity contribution in [1.82, 2.24) is 4.98 Å². The Morgan fingerprint density at radius 1 is 0.912 bits per heavy atom. The van der Waals surface area contributed by atoms with Crippen LogP contribution in [-0.4, -0.2) is 37.6 Å². The van der Waals surface area contributed by atoms with Gasteiger partial charge in [0.15, 0.2) is 6.61 Å². The highest BCUT2D eigenvalue weighted by atomic mass is 16.5. The van der Waals surface area contributed by atoms with Gasteiger partial charge in [-0.05, 0) is 60.7 Å². The second kappa shape index (κ2) is 9.91. The Balaban J connectivity index is 1.70. The van der Waals surface area contributed by atoms with Crippen LogP contribution in [0.2, 0.25) is 0 Å². The maximum Gasteiger partial charge on any atom is 0.255 e. The van der Waals surface area contributed by atoms with E-state index in [4.69, 9.17) is 24.9 Å². The zero-order chi connectivity index (χ0) is 24.1. The average molecular weight is 457 g/mol. The highest BCUT2D eigenvalue weighted by Gasteiger charge is 2.13. The molecule has 4 aromatic rings. The van der Waals surface area contributed by atoms with Crippen LogP contribution in [0.25, 0.3) is 22.2 Å². The number of primary amides is 1. The number of nitrogens with zero attached hydrogens (tertiary/aromatic N) is 1. The van der Waals surface area contributed by atoms with Crippen LogP contribution in [0.4, 0.5) is 5.69 Å². The van der Waals surface area contributed by atoms with E-state index in [1.807, 2.05) is 24.3 Å². The first-order valence-corrected chi connectivity index (χ1v) is 10.4. The molecule has 0 radical (unpaired) electrons. The summed E-state index contributed by atoms with van der Waals surface area (Å²) in [6.45, 7) is -0.290. The van der Waals surface area contributed by atoms with Gasteiger partial charge in [0, 0.05) is 28.3 Å². The molecule has 8 heteroatoms. The first-order chi connectivity index (χ1) is 16.5. The molecule has 0 bridgehead atoms. The van der Waals surface area contributed by atoms with Gasteiger partial charge in [0.1, 0.15) is 17.2 Å². The summed E-state index contributed by atoms with van der Waals surface area (Å²) in [5.74, 6) is 0.848. The lowest BCUT2D eigenvalue weighted by atomic mass is 10.1. The quantitative estimate of drug-likeness (QED) is 0.413. The molecule has 3 N–H and O–H groups in total. The van der Waals surface area contributed by atoms with Crippen LogP contribution in [-0.2, 0) is 4.79 Å². The monoisotopic (exact) mass is 457 g/mol. The van der Waals surface area contributed by atoms with E-state index in [0.717, 1.165) is 11.3 Å². The fourth-order valence-electron chi connectivity index (χ4n) is 3.42. The lowest BCUT2D eigenvalue weighted by Gasteiger charge is -2.13. The van der Waals surface area contributed by atoms with Crippen molar-refractivity contribution in [3.63, 3.8) is 0 Å². The number of hydrogen-bond donors (Lipinski definition) is 2. The molecule has 2 amide bonds. The molecule has 0 saturated carbocycles. The normalized spacial score (nSPS) is 10.5. The van der Waals surface area contributed by atoms with Crippen molar-refractivity contribution in [3.8, 4) is 28.5 Å². The van der Waals surface area contributed by atoms with Crippen LogP contribution in [0.15, 0.2) is 72.8 Å². The Bertz CT molecular complexity index is 1350. The van der Waals surface area contributed by atoms with Gasteiger partial charge in [0.05, 0.1) is 25.4 Å². The van der Waals surface area contributed by atoms with Crippen molar-refractivity contribution in [2.75, 3.05) is 26.1 Å². The Kier molecular flexibility index (Phi) is 6.59. The first-order valence-electron chi connectivity index (χ1n) is 10.4. The minimum absolute atomic E-state index is 0.290. The fraction of sp³-hybridized carbons (Fsp3) is 0.115. The molecular formula is C26H23N3O5. The number of pyridine rings is 1. The smallest absolute Gasteiger partial charge is 0.255 e. The molecule has 3 aromatic carbocycles. The number of benzene rings is 3. The molecule has 0 aliphatic rings. The maximum atomic E-state index is 12.7. The van der Waals surface area contributed by atoms with Gasteiger partial charge in [-0.15, -0.1) is 0 Å². The highest BCUT2D eigenvalue weighted by molar-refractivity contribution is 6.05. The largest absolute Gasteiger partial charge is 0.497 e. The summed E-state index contributed by atoms with van der Waals surface area (Å²) in [4.78, 5) is 28.8. The van der Waals surface area contributed by atoms with E-state index in [-0.39, 0.29) is 12.5 Å². The number of nitrogens with two attached hydrogens (primary N) is 1. The van der Waals surface area contributed by atoms with E-state index in [2.05, 4.69) is 5.32 Å². The third-order valence-corrected chi connectivity index (χ3v) is 5.12. The number of amides is 2. The SMILES string of the molecule is COc1ccc(-c2cc(OCC(N)=O)c3cc(NC(=O)c4cccc(OC)c4)ccc3n2)cc1. The van der Waals surface area contributed by atoms with Gasteiger partial charge >= 0.3 is 0 Å². The second-order valence-corrected chi connectivity index (χ2v) is 7.41. The van der Waals surface area contributed by atoms with Gasteiger partial charge in [0.25, 0.3) is 11.8 Å². The lowest BCUT2D eigenvalue weighted by molar-refractivity contribution is -0.119. The average Bonchev–Trinajstić information content (AvgIpc) is 2.87. The molecule has 0 fully saturated rings. The molecule has 0 unspecified atom stereocenters. The van der Waals surface area contributed by atoms with Crippen LogP contribution in [0.5, 0.6) is 17.2 Å². The maximum absolute atomic E-state index is 12.7. The topological polar surface area (TPSA) is 113 Å². The van der Waals surface area contributed by atoms with E-state index < -0.39 is 5.91 Å². The lowest BCUT2D eigenvalue weighted by Crippen LogP contribution is -2.20. The zero-order valence-electron chi connectivity index (χ0n) is 18.7. The molecule has 1 heterocycles. The third-order valence-electron chi connectivity index (χ3n) is 5.12. The fourth-order valence-corrected chi connectivity index (χ4v) is 3.42.